The number of aromatic nitrogens is 5. The van der Waals surface area contributed by atoms with Crippen LogP contribution in [0, 0.1) is 0 Å². The summed E-state index contributed by atoms with van der Waals surface area (Å²) in [5, 5.41) is 30.3. The number of aliphatic hydroxyl groups excluding tert-OH is 2. The van der Waals surface area contributed by atoms with Crippen molar-refractivity contribution in [2.24, 2.45) is 0 Å². The molecule has 2 aromatic carbocycles. The number of aliphatic hydroxyl groups is 2. The van der Waals surface area contributed by atoms with E-state index in [1.807, 2.05) is 42.5 Å². The van der Waals surface area contributed by atoms with Crippen LogP contribution in [0.25, 0.3) is 11.2 Å². The Balaban J connectivity index is 1.36. The summed E-state index contributed by atoms with van der Waals surface area (Å²) in [7, 11) is 0. The molecule has 4 heterocycles. The van der Waals surface area contributed by atoms with E-state index >= 15 is 0 Å². The molecule has 0 unspecified atom stereocenters. The van der Waals surface area contributed by atoms with Gasteiger partial charge < -0.3 is 30.9 Å². The second-order valence-corrected chi connectivity index (χ2v) is 10.8. The van der Waals surface area contributed by atoms with Crippen LogP contribution in [0.5, 0.6) is 0 Å². The Morgan fingerprint density at radius 2 is 1.59 bits per heavy atom. The highest BCUT2D eigenvalue weighted by Crippen LogP contribution is 2.33. The number of hydrogen-bond donors (Lipinski definition) is 5. The molecule has 1 fully saturated rings. The second kappa shape index (κ2) is 13.8. The van der Waals surface area contributed by atoms with Crippen LogP contribution in [0.3, 0.4) is 0 Å². The number of hydrogen-bond acceptors (Lipinski definition) is 10. The second-order valence-electron chi connectivity index (χ2n) is 10.8. The molecule has 0 aliphatic carbocycles. The molecule has 5 aromatic rings. The minimum absolute atomic E-state index is 0.0658. The molecule has 5 N–H and O–H groups in total. The number of benzene rings is 2. The van der Waals surface area contributed by atoms with E-state index in [0.717, 1.165) is 11.1 Å². The highest BCUT2D eigenvalue weighted by molar-refractivity contribution is 5.94. The van der Waals surface area contributed by atoms with Gasteiger partial charge in [-0.1, -0.05) is 66.7 Å². The molecule has 1 aliphatic rings. The number of carbonyl (C=O) groups excluding carboxylic acids is 2. The van der Waals surface area contributed by atoms with Crippen LogP contribution < -0.4 is 16.0 Å². The first-order valence-corrected chi connectivity index (χ1v) is 15.0. The summed E-state index contributed by atoms with van der Waals surface area (Å²) >= 11 is 0. The third-order valence-electron chi connectivity index (χ3n) is 7.78. The first kappa shape index (κ1) is 30.8. The molecule has 0 radical (unpaired) electrons. The van der Waals surface area contributed by atoms with Crippen LogP contribution in [0.15, 0.2) is 91.4 Å². The van der Waals surface area contributed by atoms with E-state index < -0.39 is 36.4 Å². The predicted octanol–water partition coefficient (Wildman–Crippen LogP) is 2.15. The third kappa shape index (κ3) is 6.42. The smallest absolute Gasteiger partial charge is 0.289 e. The summed E-state index contributed by atoms with van der Waals surface area (Å²) in [5.41, 5.74) is 3.30. The average Bonchev–Trinajstić information content (AvgIpc) is 3.65. The molecule has 0 saturated carbocycles. The molecule has 4 atom stereocenters. The quantitative estimate of drug-likeness (QED) is 0.147. The van der Waals surface area contributed by atoms with Gasteiger partial charge in [0.05, 0.1) is 18.6 Å². The zero-order valence-electron chi connectivity index (χ0n) is 25.0. The molecule has 2 amide bonds. The van der Waals surface area contributed by atoms with Crippen LogP contribution >= 0.6 is 0 Å². The Labute approximate surface area is 264 Å². The molecule has 1 saturated heterocycles. The summed E-state index contributed by atoms with van der Waals surface area (Å²) < 4.78 is 7.23. The van der Waals surface area contributed by atoms with Crippen molar-refractivity contribution in [1.29, 1.82) is 0 Å². The Morgan fingerprint density at radius 1 is 0.891 bits per heavy atom. The van der Waals surface area contributed by atoms with E-state index in [4.69, 9.17) is 4.74 Å². The minimum Gasteiger partial charge on any atom is -0.387 e. The molecular weight excluding hydrogens is 588 g/mol. The van der Waals surface area contributed by atoms with E-state index in [2.05, 4.69) is 60.2 Å². The summed E-state index contributed by atoms with van der Waals surface area (Å²) in [5.74, 6) is -1.04. The van der Waals surface area contributed by atoms with Crippen molar-refractivity contribution >= 4 is 28.8 Å². The van der Waals surface area contributed by atoms with Gasteiger partial charge in [0, 0.05) is 25.2 Å². The lowest BCUT2D eigenvalue weighted by atomic mass is 9.91. The van der Waals surface area contributed by atoms with Crippen LogP contribution in [0.1, 0.15) is 46.5 Å². The number of likely N-dealkylation sites (N-methyl/N-ethyl adjacent to an activating group) is 1. The van der Waals surface area contributed by atoms with Crippen molar-refractivity contribution in [3.05, 3.63) is 114 Å². The van der Waals surface area contributed by atoms with E-state index in [-0.39, 0.29) is 29.8 Å². The molecule has 0 spiro atoms. The van der Waals surface area contributed by atoms with Gasteiger partial charge in [0.1, 0.15) is 12.2 Å². The summed E-state index contributed by atoms with van der Waals surface area (Å²) in [6, 6.07) is 25.4. The Morgan fingerprint density at radius 3 is 2.24 bits per heavy atom. The average molecular weight is 623 g/mol. The van der Waals surface area contributed by atoms with Gasteiger partial charge in [-0.3, -0.25) is 19.1 Å². The molecule has 6 rings (SSSR count). The number of nitrogens with one attached hydrogen (secondary N) is 3. The highest BCUT2D eigenvalue weighted by atomic mass is 16.6. The van der Waals surface area contributed by atoms with Crippen LogP contribution in [0.4, 0.5) is 5.82 Å². The summed E-state index contributed by atoms with van der Waals surface area (Å²) in [6.45, 7) is 2.62. The lowest BCUT2D eigenvalue weighted by Crippen LogP contribution is -2.42. The largest absolute Gasteiger partial charge is 0.387 e. The zero-order chi connectivity index (χ0) is 32.0. The van der Waals surface area contributed by atoms with E-state index in [1.54, 1.807) is 25.3 Å². The molecule has 236 valence electrons. The van der Waals surface area contributed by atoms with Crippen LogP contribution in [0.2, 0.25) is 0 Å². The van der Waals surface area contributed by atoms with Crippen molar-refractivity contribution in [1.82, 2.24) is 35.1 Å². The monoisotopic (exact) mass is 622 g/mol. The Hall–Kier alpha value is -5.24. The van der Waals surface area contributed by atoms with Crippen molar-refractivity contribution in [3.8, 4) is 0 Å². The highest BCUT2D eigenvalue weighted by Gasteiger charge is 2.47. The van der Waals surface area contributed by atoms with Gasteiger partial charge in [0.2, 0.25) is 5.82 Å². The first-order valence-electron chi connectivity index (χ1n) is 15.0. The van der Waals surface area contributed by atoms with Crippen molar-refractivity contribution in [2.45, 2.75) is 43.9 Å². The molecule has 13 nitrogen and oxygen atoms in total. The molecule has 1 aliphatic heterocycles. The summed E-state index contributed by atoms with van der Waals surface area (Å²) in [4.78, 5) is 43.7. The van der Waals surface area contributed by atoms with Gasteiger partial charge in [-0.2, -0.15) is 0 Å². The number of imidazole rings is 1. The standard InChI is InChI=1S/C33H34N8O5/c1-2-34-31(44)27-25(42)26(43)33(46-27)41-19-38-24-28(36-18-23(20-11-5-3-6-12-20)21-13-7-4-8-14-21)39-29(40-30(24)41)32(45)37-17-22-15-9-10-16-35-22/h3-16,19,23,25-27,33,42-43H,2,17-18H2,1H3,(H,34,44)(H,37,45)(H,36,39,40)/t25-,26+,27-,33+/m0/s1. The Kier molecular flexibility index (Phi) is 9.24. The lowest BCUT2D eigenvalue weighted by molar-refractivity contribution is -0.137. The number of carbonyl (C=O) groups is 2. The van der Waals surface area contributed by atoms with E-state index in [9.17, 15) is 19.8 Å². The van der Waals surface area contributed by atoms with E-state index in [0.29, 0.717) is 24.3 Å². The molecule has 13 heteroatoms. The maximum absolute atomic E-state index is 13.4. The topological polar surface area (TPSA) is 176 Å². The zero-order valence-corrected chi connectivity index (χ0v) is 25.0. The van der Waals surface area contributed by atoms with Crippen LogP contribution in [-0.2, 0) is 16.1 Å². The van der Waals surface area contributed by atoms with Gasteiger partial charge in [-0.05, 0) is 30.2 Å². The maximum Gasteiger partial charge on any atom is 0.289 e. The lowest BCUT2D eigenvalue weighted by Gasteiger charge is -2.20. The summed E-state index contributed by atoms with van der Waals surface area (Å²) in [6.07, 6.45) is -2.47. The third-order valence-corrected chi connectivity index (χ3v) is 7.78. The van der Waals surface area contributed by atoms with Gasteiger partial charge in [-0.25, -0.2) is 15.0 Å². The number of ether oxygens (including phenoxy) is 1. The molecule has 3 aromatic heterocycles. The number of rotatable bonds is 11. The van der Waals surface area contributed by atoms with Gasteiger partial charge >= 0.3 is 0 Å². The van der Waals surface area contributed by atoms with Crippen molar-refractivity contribution in [2.75, 3.05) is 18.4 Å². The number of nitrogens with zero attached hydrogens (tertiary/aromatic N) is 5. The number of anilines is 1. The SMILES string of the molecule is CCNC(=O)[C@H]1O[C@@H](n2cnc3c(NCC(c4ccccc4)c4ccccc4)nc(C(=O)NCc4ccccn4)nc32)[C@H](O)[C@@H]1O. The fourth-order valence-corrected chi connectivity index (χ4v) is 5.46. The van der Waals surface area contributed by atoms with Gasteiger partial charge in [-0.15, -0.1) is 0 Å². The minimum atomic E-state index is -1.49. The normalized spacial score (nSPS) is 19.3. The maximum atomic E-state index is 13.4. The molecule has 0 bridgehead atoms. The van der Waals surface area contributed by atoms with Gasteiger partial charge in [0.15, 0.2) is 29.3 Å². The number of pyridine rings is 1. The van der Waals surface area contributed by atoms with Crippen LogP contribution in [-0.4, -0.2) is 77.9 Å². The van der Waals surface area contributed by atoms with Crippen molar-refractivity contribution in [3.63, 3.8) is 0 Å². The predicted molar refractivity (Wildman–Crippen MR) is 169 cm³/mol. The number of amides is 2. The van der Waals surface area contributed by atoms with Crippen molar-refractivity contribution < 1.29 is 24.5 Å². The van der Waals surface area contributed by atoms with E-state index in [1.165, 1.54) is 10.9 Å². The van der Waals surface area contributed by atoms with Gasteiger partial charge in [0.25, 0.3) is 11.8 Å². The molecular formula is C33H34N8O5. The molecule has 46 heavy (non-hydrogen) atoms. The first-order chi connectivity index (χ1) is 22.4. The number of fused-ring (bicyclic) bond motifs is 1. The fraction of sp³-hybridized carbons (Fsp3) is 0.273. The fourth-order valence-electron chi connectivity index (χ4n) is 5.46. The Bertz CT molecular complexity index is 1750.